The third-order valence-electron chi connectivity index (χ3n) is 4.72. The lowest BCUT2D eigenvalue weighted by molar-refractivity contribution is 0.0295. The van der Waals surface area contributed by atoms with Gasteiger partial charge in [-0.2, -0.15) is 0 Å². The molecule has 3 heterocycles. The Bertz CT molecular complexity index is 858. The summed E-state index contributed by atoms with van der Waals surface area (Å²) in [5.41, 5.74) is 0.676. The van der Waals surface area contributed by atoms with Crippen molar-refractivity contribution in [3.8, 4) is 0 Å². The zero-order chi connectivity index (χ0) is 16.0. The first kappa shape index (κ1) is 15.1. The SMILES string of the molecule is O=C(c1csc2ccccc12)N1CCS(=O)(=O)[C@H]2COCC[C@@H]21. The number of sulfone groups is 1. The molecule has 2 aromatic rings. The van der Waals surface area contributed by atoms with Gasteiger partial charge in [-0.15, -0.1) is 11.3 Å². The van der Waals surface area contributed by atoms with Gasteiger partial charge in [-0.1, -0.05) is 18.2 Å². The van der Waals surface area contributed by atoms with Gasteiger partial charge in [0.25, 0.3) is 5.91 Å². The van der Waals surface area contributed by atoms with Gasteiger partial charge in [-0.05, 0) is 12.5 Å². The van der Waals surface area contributed by atoms with Crippen molar-refractivity contribution in [2.45, 2.75) is 17.7 Å². The van der Waals surface area contributed by atoms with E-state index in [1.807, 2.05) is 29.6 Å². The maximum atomic E-state index is 13.0. The number of benzene rings is 1. The molecule has 2 fully saturated rings. The number of thiophene rings is 1. The molecule has 2 aliphatic rings. The van der Waals surface area contributed by atoms with E-state index < -0.39 is 15.1 Å². The molecule has 1 aromatic heterocycles. The van der Waals surface area contributed by atoms with E-state index in [-0.39, 0.29) is 30.9 Å². The van der Waals surface area contributed by atoms with Crippen LogP contribution in [0.1, 0.15) is 16.8 Å². The maximum Gasteiger partial charge on any atom is 0.255 e. The van der Waals surface area contributed by atoms with Gasteiger partial charge in [0, 0.05) is 28.6 Å². The molecule has 0 spiro atoms. The fraction of sp³-hybridized carbons (Fsp3) is 0.438. The Labute approximate surface area is 138 Å². The van der Waals surface area contributed by atoms with Crippen LogP contribution in [-0.4, -0.2) is 56.0 Å². The second kappa shape index (κ2) is 5.58. The molecule has 0 saturated carbocycles. The molecular formula is C16H17NO4S2. The van der Waals surface area contributed by atoms with Crippen LogP contribution >= 0.6 is 11.3 Å². The topological polar surface area (TPSA) is 63.7 Å². The summed E-state index contributed by atoms with van der Waals surface area (Å²) in [7, 11) is -3.18. The lowest BCUT2D eigenvalue weighted by Crippen LogP contribution is -2.60. The first-order valence-electron chi connectivity index (χ1n) is 7.64. The molecule has 4 rings (SSSR count). The van der Waals surface area contributed by atoms with Crippen LogP contribution in [0.2, 0.25) is 0 Å². The fourth-order valence-corrected chi connectivity index (χ4v) is 6.25. The van der Waals surface area contributed by atoms with Crippen LogP contribution in [0.15, 0.2) is 29.6 Å². The minimum absolute atomic E-state index is 0.0192. The van der Waals surface area contributed by atoms with E-state index in [1.165, 1.54) is 0 Å². The molecule has 0 unspecified atom stereocenters. The van der Waals surface area contributed by atoms with E-state index in [2.05, 4.69) is 0 Å². The van der Waals surface area contributed by atoms with E-state index >= 15 is 0 Å². The Morgan fingerprint density at radius 2 is 2.13 bits per heavy atom. The van der Waals surface area contributed by atoms with Crippen LogP contribution in [0, 0.1) is 0 Å². The summed E-state index contributed by atoms with van der Waals surface area (Å²) in [4.78, 5) is 14.8. The zero-order valence-corrected chi connectivity index (χ0v) is 14.1. The summed E-state index contributed by atoms with van der Waals surface area (Å²) in [5.74, 6) is -0.0417. The average Bonchev–Trinajstić information content (AvgIpc) is 2.99. The van der Waals surface area contributed by atoms with Crippen molar-refractivity contribution in [3.05, 3.63) is 35.2 Å². The second-order valence-electron chi connectivity index (χ2n) is 5.98. The fourth-order valence-electron chi connectivity index (χ4n) is 3.49. The average molecular weight is 351 g/mol. The summed E-state index contributed by atoms with van der Waals surface area (Å²) in [6.07, 6.45) is 0.581. The Kier molecular flexibility index (Phi) is 3.66. The van der Waals surface area contributed by atoms with Crippen molar-refractivity contribution >= 4 is 37.2 Å². The highest BCUT2D eigenvalue weighted by Crippen LogP contribution is 2.31. The molecule has 122 valence electrons. The predicted octanol–water partition coefficient (Wildman–Crippen LogP) is 1.93. The van der Waals surface area contributed by atoms with Gasteiger partial charge in [0.05, 0.1) is 24.0 Å². The van der Waals surface area contributed by atoms with Crippen LogP contribution in [0.5, 0.6) is 0 Å². The number of hydrogen-bond acceptors (Lipinski definition) is 5. The van der Waals surface area contributed by atoms with Gasteiger partial charge in [-0.3, -0.25) is 4.79 Å². The quantitative estimate of drug-likeness (QED) is 0.788. The van der Waals surface area contributed by atoms with Crippen molar-refractivity contribution in [2.75, 3.05) is 25.5 Å². The van der Waals surface area contributed by atoms with E-state index in [9.17, 15) is 13.2 Å². The number of rotatable bonds is 1. The number of hydrogen-bond donors (Lipinski definition) is 0. The first-order valence-corrected chi connectivity index (χ1v) is 10.2. The molecule has 2 aliphatic heterocycles. The monoisotopic (exact) mass is 351 g/mol. The molecule has 1 amide bonds. The van der Waals surface area contributed by atoms with Crippen LogP contribution in [0.4, 0.5) is 0 Å². The number of amides is 1. The number of ether oxygens (including phenoxy) is 1. The molecule has 5 nitrogen and oxygen atoms in total. The minimum atomic E-state index is -3.18. The Morgan fingerprint density at radius 3 is 3.00 bits per heavy atom. The molecule has 7 heteroatoms. The Balaban J connectivity index is 1.71. The molecule has 2 atom stereocenters. The van der Waals surface area contributed by atoms with Crippen LogP contribution in [0.25, 0.3) is 10.1 Å². The Morgan fingerprint density at radius 1 is 1.30 bits per heavy atom. The van der Waals surface area contributed by atoms with Crippen LogP contribution < -0.4 is 0 Å². The smallest absolute Gasteiger partial charge is 0.255 e. The van der Waals surface area contributed by atoms with Crippen molar-refractivity contribution in [1.82, 2.24) is 4.90 Å². The van der Waals surface area contributed by atoms with E-state index in [0.717, 1.165) is 10.1 Å². The number of fused-ring (bicyclic) bond motifs is 2. The summed E-state index contributed by atoms with van der Waals surface area (Å²) in [6, 6.07) is 7.54. The summed E-state index contributed by atoms with van der Waals surface area (Å²) < 4.78 is 31.0. The van der Waals surface area contributed by atoms with Crippen LogP contribution in [-0.2, 0) is 14.6 Å². The molecule has 2 saturated heterocycles. The lowest BCUT2D eigenvalue weighted by atomic mass is 10.0. The molecule has 23 heavy (non-hydrogen) atoms. The summed E-state index contributed by atoms with van der Waals surface area (Å²) >= 11 is 1.54. The summed E-state index contributed by atoms with van der Waals surface area (Å²) in [6.45, 7) is 0.971. The highest BCUT2D eigenvalue weighted by molar-refractivity contribution is 7.92. The summed E-state index contributed by atoms with van der Waals surface area (Å²) in [5, 5.41) is 2.24. The van der Waals surface area contributed by atoms with Crippen molar-refractivity contribution in [3.63, 3.8) is 0 Å². The van der Waals surface area contributed by atoms with Gasteiger partial charge in [0.1, 0.15) is 5.25 Å². The number of carbonyl (C=O) groups excluding carboxylic acids is 1. The van der Waals surface area contributed by atoms with Crippen molar-refractivity contribution in [2.24, 2.45) is 0 Å². The molecule has 0 N–H and O–H groups in total. The third-order valence-corrected chi connectivity index (χ3v) is 7.81. The first-order chi connectivity index (χ1) is 11.1. The molecule has 0 aliphatic carbocycles. The molecule has 1 aromatic carbocycles. The molecule has 0 radical (unpaired) electrons. The lowest BCUT2D eigenvalue weighted by Gasteiger charge is -2.43. The van der Waals surface area contributed by atoms with Gasteiger partial charge in [-0.25, -0.2) is 8.42 Å². The highest BCUT2D eigenvalue weighted by Gasteiger charge is 2.45. The van der Waals surface area contributed by atoms with E-state index in [0.29, 0.717) is 18.6 Å². The standard InChI is InChI=1S/C16H17NO4S2/c18-16(12-10-22-14-4-2-1-3-11(12)14)17-6-8-23(19,20)15-9-21-7-5-13(15)17/h1-4,10,13,15H,5-9H2/t13-,15-/m0/s1. The van der Waals surface area contributed by atoms with Gasteiger partial charge < -0.3 is 9.64 Å². The second-order valence-corrected chi connectivity index (χ2v) is 9.23. The van der Waals surface area contributed by atoms with Crippen molar-refractivity contribution < 1.29 is 17.9 Å². The molecular weight excluding hydrogens is 334 g/mol. The zero-order valence-electron chi connectivity index (χ0n) is 12.5. The van der Waals surface area contributed by atoms with E-state index in [4.69, 9.17) is 4.74 Å². The minimum Gasteiger partial charge on any atom is -0.380 e. The highest BCUT2D eigenvalue weighted by atomic mass is 32.2. The van der Waals surface area contributed by atoms with E-state index in [1.54, 1.807) is 16.2 Å². The largest absolute Gasteiger partial charge is 0.380 e. The number of carbonyl (C=O) groups is 1. The maximum absolute atomic E-state index is 13.0. The third kappa shape index (κ3) is 2.47. The van der Waals surface area contributed by atoms with Gasteiger partial charge in [0.15, 0.2) is 9.84 Å². The Hall–Kier alpha value is -1.44. The normalized spacial score (nSPS) is 26.9. The van der Waals surface area contributed by atoms with Gasteiger partial charge in [0.2, 0.25) is 0 Å². The predicted molar refractivity (Wildman–Crippen MR) is 89.7 cm³/mol. The molecule has 0 bridgehead atoms. The number of nitrogens with zero attached hydrogens (tertiary/aromatic N) is 1. The van der Waals surface area contributed by atoms with Crippen LogP contribution in [0.3, 0.4) is 0 Å². The van der Waals surface area contributed by atoms with Crippen molar-refractivity contribution in [1.29, 1.82) is 0 Å². The van der Waals surface area contributed by atoms with Gasteiger partial charge >= 0.3 is 0 Å².